The van der Waals surface area contributed by atoms with Gasteiger partial charge in [0.15, 0.2) is 0 Å². The van der Waals surface area contributed by atoms with E-state index in [4.69, 9.17) is 4.74 Å². The minimum Gasteiger partial charge on any atom is -0.378 e. The average molecular weight is 417 g/mol. The first-order valence-corrected chi connectivity index (χ1v) is 11.3. The molecule has 0 bridgehead atoms. The second-order valence-electron chi connectivity index (χ2n) is 7.55. The average Bonchev–Trinajstić information content (AvgIpc) is 2.73. The summed E-state index contributed by atoms with van der Waals surface area (Å²) in [7, 11) is -3.79. The van der Waals surface area contributed by atoms with Crippen LogP contribution >= 0.6 is 0 Å². The van der Waals surface area contributed by atoms with E-state index in [-0.39, 0.29) is 10.8 Å². The summed E-state index contributed by atoms with van der Waals surface area (Å²) in [5.74, 6) is -0.637. The minimum atomic E-state index is -3.79. The van der Waals surface area contributed by atoms with Crippen LogP contribution in [0.2, 0.25) is 0 Å². The van der Waals surface area contributed by atoms with Crippen molar-refractivity contribution in [1.82, 2.24) is 9.62 Å². The molecular weight excluding hydrogens is 388 g/mol. The van der Waals surface area contributed by atoms with Gasteiger partial charge < -0.3 is 9.64 Å². The van der Waals surface area contributed by atoms with Gasteiger partial charge in [-0.2, -0.15) is 0 Å². The highest BCUT2D eigenvalue weighted by atomic mass is 32.2. The van der Waals surface area contributed by atoms with Crippen molar-refractivity contribution in [3.63, 3.8) is 0 Å². The molecule has 3 rings (SSSR count). The molecule has 1 fully saturated rings. The first-order chi connectivity index (χ1) is 13.8. The lowest BCUT2D eigenvalue weighted by molar-refractivity contribution is -0.139. The Morgan fingerprint density at radius 1 is 0.966 bits per heavy atom. The van der Waals surface area contributed by atoms with Gasteiger partial charge in [0.05, 0.1) is 30.1 Å². The second-order valence-corrected chi connectivity index (χ2v) is 9.26. The zero-order valence-corrected chi connectivity index (χ0v) is 17.9. The van der Waals surface area contributed by atoms with E-state index in [1.807, 2.05) is 38.1 Å². The Hall–Kier alpha value is -2.22. The molecule has 0 spiro atoms. The molecule has 1 aliphatic heterocycles. The molecule has 1 aliphatic rings. The summed E-state index contributed by atoms with van der Waals surface area (Å²) in [4.78, 5) is 15.0. The van der Waals surface area contributed by atoms with Crippen LogP contribution in [0.5, 0.6) is 0 Å². The zero-order chi connectivity index (χ0) is 21.0. The number of hydrogen-bond donors (Lipinski definition) is 1. The van der Waals surface area contributed by atoms with Crippen molar-refractivity contribution in [2.24, 2.45) is 5.92 Å². The van der Waals surface area contributed by atoms with Gasteiger partial charge in [-0.3, -0.25) is 4.79 Å². The summed E-state index contributed by atoms with van der Waals surface area (Å²) < 4.78 is 34.2. The molecule has 0 aromatic heterocycles. The number of rotatable bonds is 6. The summed E-state index contributed by atoms with van der Waals surface area (Å²) in [6, 6.07) is 13.6. The van der Waals surface area contributed by atoms with E-state index in [2.05, 4.69) is 4.72 Å². The predicted molar refractivity (Wildman–Crippen MR) is 112 cm³/mol. The first-order valence-electron chi connectivity index (χ1n) is 9.80. The van der Waals surface area contributed by atoms with Gasteiger partial charge in [0, 0.05) is 13.1 Å². The molecule has 6 nitrogen and oxygen atoms in total. The van der Waals surface area contributed by atoms with Crippen LogP contribution in [0, 0.1) is 19.8 Å². The fourth-order valence-electron chi connectivity index (χ4n) is 3.40. The number of aryl methyl sites for hydroxylation is 2. The molecule has 2 aromatic carbocycles. The molecule has 0 aliphatic carbocycles. The van der Waals surface area contributed by atoms with Gasteiger partial charge in [-0.25, -0.2) is 13.1 Å². The van der Waals surface area contributed by atoms with E-state index in [1.54, 1.807) is 36.1 Å². The van der Waals surface area contributed by atoms with Gasteiger partial charge in [-0.05, 0) is 31.5 Å². The van der Waals surface area contributed by atoms with E-state index in [1.165, 1.54) is 0 Å². The van der Waals surface area contributed by atoms with Gasteiger partial charge in [0.2, 0.25) is 15.9 Å². The normalized spacial score (nSPS) is 17.0. The summed E-state index contributed by atoms with van der Waals surface area (Å²) >= 11 is 0. The third-order valence-electron chi connectivity index (χ3n) is 5.26. The number of ether oxygens (including phenoxy) is 1. The summed E-state index contributed by atoms with van der Waals surface area (Å²) in [5.41, 5.74) is 2.82. The highest BCUT2D eigenvalue weighted by Gasteiger charge is 2.33. The highest BCUT2D eigenvalue weighted by Crippen LogP contribution is 2.27. The van der Waals surface area contributed by atoms with Crippen molar-refractivity contribution in [1.29, 1.82) is 0 Å². The third-order valence-corrected chi connectivity index (χ3v) is 6.72. The maximum atomic E-state index is 13.1. The Kier molecular flexibility index (Phi) is 6.72. The Morgan fingerprint density at radius 2 is 1.48 bits per heavy atom. The largest absolute Gasteiger partial charge is 0.378 e. The first kappa shape index (κ1) is 21.5. The molecule has 2 atom stereocenters. The Bertz CT molecular complexity index is 934. The van der Waals surface area contributed by atoms with Gasteiger partial charge in [0.1, 0.15) is 0 Å². The standard InChI is InChI=1S/C22H28N2O4S/c1-16-4-8-19(9-5-16)21(18(3)22(25)24-12-14-28-15-13-24)23-29(26,27)20-10-6-17(2)7-11-20/h4-11,18,21,23H,12-15H2,1-3H3/t18-,21+/m1/s1. The van der Waals surface area contributed by atoms with Crippen LogP contribution in [0.4, 0.5) is 0 Å². The van der Waals surface area contributed by atoms with Crippen LogP contribution in [0.3, 0.4) is 0 Å². The van der Waals surface area contributed by atoms with E-state index >= 15 is 0 Å². The van der Waals surface area contributed by atoms with Crippen molar-refractivity contribution in [3.8, 4) is 0 Å². The summed E-state index contributed by atoms with van der Waals surface area (Å²) in [6.07, 6.45) is 0. The number of morpholine rings is 1. The highest BCUT2D eigenvalue weighted by molar-refractivity contribution is 7.89. The van der Waals surface area contributed by atoms with Gasteiger partial charge >= 0.3 is 0 Å². The maximum Gasteiger partial charge on any atom is 0.241 e. The number of nitrogens with one attached hydrogen (secondary N) is 1. The molecule has 156 valence electrons. The molecule has 0 unspecified atom stereocenters. The Labute approximate surface area is 172 Å². The van der Waals surface area contributed by atoms with Crippen molar-refractivity contribution in [3.05, 3.63) is 65.2 Å². The molecule has 1 heterocycles. The third kappa shape index (κ3) is 5.23. The summed E-state index contributed by atoms with van der Waals surface area (Å²) in [6.45, 7) is 7.70. The number of carbonyl (C=O) groups excluding carboxylic acids is 1. The van der Waals surface area contributed by atoms with E-state index in [0.717, 1.165) is 16.7 Å². The number of benzene rings is 2. The SMILES string of the molecule is Cc1ccc([C@@H](NS(=O)(=O)c2ccc(C)cc2)[C@@H](C)C(=O)N2CCOCC2)cc1. The number of hydrogen-bond acceptors (Lipinski definition) is 4. The minimum absolute atomic E-state index is 0.0783. The van der Waals surface area contributed by atoms with Gasteiger partial charge in [-0.1, -0.05) is 54.4 Å². The fourth-order valence-corrected chi connectivity index (χ4v) is 4.70. The molecular formula is C22H28N2O4S. The van der Waals surface area contributed by atoms with E-state index < -0.39 is 22.0 Å². The van der Waals surface area contributed by atoms with Crippen LogP contribution in [-0.2, 0) is 19.6 Å². The van der Waals surface area contributed by atoms with Crippen LogP contribution in [0.25, 0.3) is 0 Å². The molecule has 1 N–H and O–H groups in total. The Morgan fingerprint density at radius 3 is 2.03 bits per heavy atom. The Balaban J connectivity index is 1.91. The zero-order valence-electron chi connectivity index (χ0n) is 17.1. The van der Waals surface area contributed by atoms with Crippen LogP contribution < -0.4 is 4.72 Å². The number of carbonyl (C=O) groups is 1. The molecule has 1 saturated heterocycles. The van der Waals surface area contributed by atoms with Crippen molar-refractivity contribution < 1.29 is 17.9 Å². The molecule has 1 amide bonds. The topological polar surface area (TPSA) is 75.7 Å². The second kappa shape index (κ2) is 9.07. The summed E-state index contributed by atoms with van der Waals surface area (Å²) in [5, 5.41) is 0. The van der Waals surface area contributed by atoms with Gasteiger partial charge in [-0.15, -0.1) is 0 Å². The van der Waals surface area contributed by atoms with Crippen molar-refractivity contribution in [2.75, 3.05) is 26.3 Å². The fraction of sp³-hybridized carbons (Fsp3) is 0.409. The molecule has 0 saturated carbocycles. The van der Waals surface area contributed by atoms with E-state index in [9.17, 15) is 13.2 Å². The predicted octanol–water partition coefficient (Wildman–Crippen LogP) is 2.82. The maximum absolute atomic E-state index is 13.1. The van der Waals surface area contributed by atoms with Gasteiger partial charge in [0.25, 0.3) is 0 Å². The molecule has 29 heavy (non-hydrogen) atoms. The lowest BCUT2D eigenvalue weighted by Gasteiger charge is -2.32. The van der Waals surface area contributed by atoms with E-state index in [0.29, 0.717) is 26.3 Å². The van der Waals surface area contributed by atoms with Crippen LogP contribution in [-0.4, -0.2) is 45.5 Å². The van der Waals surface area contributed by atoms with Crippen LogP contribution in [0.15, 0.2) is 53.4 Å². The quantitative estimate of drug-likeness (QED) is 0.786. The molecule has 2 aromatic rings. The van der Waals surface area contributed by atoms with Crippen LogP contribution in [0.1, 0.15) is 29.7 Å². The van der Waals surface area contributed by atoms with Crippen molar-refractivity contribution >= 4 is 15.9 Å². The molecule has 0 radical (unpaired) electrons. The number of sulfonamides is 1. The smallest absolute Gasteiger partial charge is 0.241 e. The number of nitrogens with zero attached hydrogens (tertiary/aromatic N) is 1. The van der Waals surface area contributed by atoms with Crippen molar-refractivity contribution in [2.45, 2.75) is 31.7 Å². The lowest BCUT2D eigenvalue weighted by Crippen LogP contribution is -2.46. The molecule has 7 heteroatoms. The number of amides is 1. The lowest BCUT2D eigenvalue weighted by atomic mass is 9.93. The monoisotopic (exact) mass is 416 g/mol.